The molecule has 1 aliphatic carbocycles. The summed E-state index contributed by atoms with van der Waals surface area (Å²) < 4.78 is 11.7. The van der Waals surface area contributed by atoms with E-state index in [9.17, 15) is 4.79 Å². The van der Waals surface area contributed by atoms with Crippen molar-refractivity contribution in [1.82, 2.24) is 10.2 Å². The molecule has 2 aliphatic heterocycles. The summed E-state index contributed by atoms with van der Waals surface area (Å²) in [6.07, 6.45) is 7.94. The third-order valence-corrected chi connectivity index (χ3v) is 5.54. The fourth-order valence-corrected chi connectivity index (χ4v) is 3.79. The van der Waals surface area contributed by atoms with E-state index in [0.29, 0.717) is 0 Å². The van der Waals surface area contributed by atoms with E-state index in [-0.39, 0.29) is 17.6 Å². The van der Waals surface area contributed by atoms with Crippen LogP contribution in [0.5, 0.6) is 0 Å². The summed E-state index contributed by atoms with van der Waals surface area (Å²) in [4.78, 5) is 14.6. The molecule has 1 saturated carbocycles. The topological polar surface area (TPSA) is 54.7 Å². The van der Waals surface area contributed by atoms with E-state index in [0.717, 1.165) is 63.5 Å². The smallest absolute Gasteiger partial charge is 0.249 e. The standard InChI is InChI=1S/C18H26N2O3/c21-17(19-12-14-3-4-14)16-5-6-18(23-16)7-9-20(10-8-18)13-15-2-1-11-22-15/h1-2,11,14,16H,3-10,12-13H2,(H,19,21)/t16-/m1/s1. The van der Waals surface area contributed by atoms with Crippen molar-refractivity contribution in [2.24, 2.45) is 5.92 Å². The minimum Gasteiger partial charge on any atom is -0.468 e. The monoisotopic (exact) mass is 318 g/mol. The van der Waals surface area contributed by atoms with Gasteiger partial charge in [-0.25, -0.2) is 0 Å². The molecule has 23 heavy (non-hydrogen) atoms. The molecule has 3 heterocycles. The Morgan fingerprint density at radius 2 is 2.09 bits per heavy atom. The first-order valence-corrected chi connectivity index (χ1v) is 8.93. The molecule has 3 aliphatic rings. The molecule has 1 spiro atoms. The Balaban J connectivity index is 1.25. The molecule has 0 radical (unpaired) electrons. The third kappa shape index (κ3) is 3.61. The van der Waals surface area contributed by atoms with Gasteiger partial charge in [0, 0.05) is 19.6 Å². The van der Waals surface area contributed by atoms with Gasteiger partial charge in [0.15, 0.2) is 0 Å². The van der Waals surface area contributed by atoms with Gasteiger partial charge in [0.1, 0.15) is 11.9 Å². The Labute approximate surface area is 137 Å². The van der Waals surface area contributed by atoms with Gasteiger partial charge in [-0.15, -0.1) is 0 Å². The fraction of sp³-hybridized carbons (Fsp3) is 0.722. The first-order chi connectivity index (χ1) is 11.2. The number of amides is 1. The number of piperidine rings is 1. The highest BCUT2D eigenvalue weighted by Gasteiger charge is 2.44. The normalized spacial score (nSPS) is 27.4. The van der Waals surface area contributed by atoms with Gasteiger partial charge in [0.05, 0.1) is 18.4 Å². The number of carbonyl (C=O) groups is 1. The average Bonchev–Trinajstić information content (AvgIpc) is 3.08. The molecule has 5 nitrogen and oxygen atoms in total. The number of hydrogen-bond acceptors (Lipinski definition) is 4. The quantitative estimate of drug-likeness (QED) is 0.905. The van der Waals surface area contributed by atoms with Crippen LogP contribution in [-0.4, -0.2) is 42.1 Å². The zero-order valence-corrected chi connectivity index (χ0v) is 13.6. The minimum absolute atomic E-state index is 0.0682. The maximum atomic E-state index is 12.2. The van der Waals surface area contributed by atoms with Crippen molar-refractivity contribution in [3.63, 3.8) is 0 Å². The van der Waals surface area contributed by atoms with E-state index in [4.69, 9.17) is 9.15 Å². The lowest BCUT2D eigenvalue weighted by Gasteiger charge is -2.38. The number of ether oxygens (including phenoxy) is 1. The fourth-order valence-electron chi connectivity index (χ4n) is 3.79. The highest BCUT2D eigenvalue weighted by Crippen LogP contribution is 2.39. The van der Waals surface area contributed by atoms with Crippen LogP contribution in [0.1, 0.15) is 44.3 Å². The zero-order chi connectivity index (χ0) is 15.7. The molecule has 0 bridgehead atoms. The van der Waals surface area contributed by atoms with Crippen molar-refractivity contribution < 1.29 is 13.9 Å². The summed E-state index contributed by atoms with van der Waals surface area (Å²) in [5, 5.41) is 3.06. The number of hydrogen-bond donors (Lipinski definition) is 1. The average molecular weight is 318 g/mol. The molecule has 0 aromatic carbocycles. The maximum Gasteiger partial charge on any atom is 0.249 e. The molecule has 1 atom stereocenters. The maximum absolute atomic E-state index is 12.2. The summed E-state index contributed by atoms with van der Waals surface area (Å²) in [6, 6.07) is 3.96. The van der Waals surface area contributed by atoms with Gasteiger partial charge in [-0.1, -0.05) is 0 Å². The predicted molar refractivity (Wildman–Crippen MR) is 85.8 cm³/mol. The number of carbonyl (C=O) groups excluding carboxylic acids is 1. The highest BCUT2D eigenvalue weighted by molar-refractivity contribution is 5.81. The Hall–Kier alpha value is -1.33. The Morgan fingerprint density at radius 1 is 1.26 bits per heavy atom. The molecule has 1 aromatic heterocycles. The van der Waals surface area contributed by atoms with E-state index in [1.54, 1.807) is 6.26 Å². The van der Waals surface area contributed by atoms with Crippen LogP contribution >= 0.6 is 0 Å². The molecule has 1 amide bonds. The van der Waals surface area contributed by atoms with Gasteiger partial charge in [0.25, 0.3) is 0 Å². The lowest BCUT2D eigenvalue weighted by atomic mass is 9.88. The van der Waals surface area contributed by atoms with Crippen molar-refractivity contribution >= 4 is 5.91 Å². The summed E-state index contributed by atoms with van der Waals surface area (Å²) >= 11 is 0. The largest absolute Gasteiger partial charge is 0.468 e. The minimum atomic E-state index is -0.231. The van der Waals surface area contributed by atoms with Gasteiger partial charge in [-0.3, -0.25) is 9.69 Å². The number of nitrogens with one attached hydrogen (secondary N) is 1. The molecule has 0 unspecified atom stereocenters. The Kier molecular flexibility index (Phi) is 4.16. The van der Waals surface area contributed by atoms with Gasteiger partial charge < -0.3 is 14.5 Å². The van der Waals surface area contributed by atoms with Gasteiger partial charge >= 0.3 is 0 Å². The predicted octanol–water partition coefficient (Wildman–Crippen LogP) is 2.32. The van der Waals surface area contributed by atoms with Crippen LogP contribution < -0.4 is 5.32 Å². The summed E-state index contributed by atoms with van der Waals surface area (Å²) in [7, 11) is 0. The van der Waals surface area contributed by atoms with Crippen LogP contribution in [-0.2, 0) is 16.1 Å². The van der Waals surface area contributed by atoms with Crippen molar-refractivity contribution in [1.29, 1.82) is 0 Å². The molecular weight excluding hydrogens is 292 g/mol. The van der Waals surface area contributed by atoms with Crippen molar-refractivity contribution in [2.75, 3.05) is 19.6 Å². The second kappa shape index (κ2) is 6.29. The molecule has 1 aromatic rings. The van der Waals surface area contributed by atoms with Crippen LogP contribution in [0, 0.1) is 5.92 Å². The molecule has 5 heteroatoms. The van der Waals surface area contributed by atoms with Gasteiger partial charge in [-0.2, -0.15) is 0 Å². The van der Waals surface area contributed by atoms with Crippen LogP contribution in [0.25, 0.3) is 0 Å². The third-order valence-electron chi connectivity index (χ3n) is 5.54. The lowest BCUT2D eigenvalue weighted by molar-refractivity contribution is -0.141. The second-order valence-corrected chi connectivity index (χ2v) is 7.37. The van der Waals surface area contributed by atoms with Crippen LogP contribution in [0.2, 0.25) is 0 Å². The molecule has 3 fully saturated rings. The van der Waals surface area contributed by atoms with Gasteiger partial charge in [-0.05, 0) is 56.6 Å². The van der Waals surface area contributed by atoms with Crippen molar-refractivity contribution in [2.45, 2.75) is 56.8 Å². The second-order valence-electron chi connectivity index (χ2n) is 7.37. The van der Waals surface area contributed by atoms with E-state index < -0.39 is 0 Å². The van der Waals surface area contributed by atoms with Crippen molar-refractivity contribution in [3.8, 4) is 0 Å². The van der Waals surface area contributed by atoms with Crippen LogP contribution in [0.3, 0.4) is 0 Å². The zero-order valence-electron chi connectivity index (χ0n) is 13.6. The number of rotatable bonds is 5. The first kappa shape index (κ1) is 15.2. The molecule has 126 valence electrons. The number of likely N-dealkylation sites (tertiary alicyclic amines) is 1. The lowest BCUT2D eigenvalue weighted by Crippen LogP contribution is -2.45. The van der Waals surface area contributed by atoms with Gasteiger partial charge in [0.2, 0.25) is 5.91 Å². The van der Waals surface area contributed by atoms with E-state index >= 15 is 0 Å². The summed E-state index contributed by atoms with van der Waals surface area (Å²) in [6.45, 7) is 3.73. The molecule has 1 N–H and O–H groups in total. The molecular formula is C18H26N2O3. The Bertz CT molecular complexity index is 530. The SMILES string of the molecule is O=C(NCC1CC1)[C@H]1CCC2(CCN(Cc3ccco3)CC2)O1. The molecule has 2 saturated heterocycles. The summed E-state index contributed by atoms with van der Waals surface area (Å²) in [5.74, 6) is 1.84. The number of furan rings is 1. The van der Waals surface area contributed by atoms with E-state index in [1.807, 2.05) is 12.1 Å². The van der Waals surface area contributed by atoms with Crippen LogP contribution in [0.15, 0.2) is 22.8 Å². The van der Waals surface area contributed by atoms with Crippen LogP contribution in [0.4, 0.5) is 0 Å². The van der Waals surface area contributed by atoms with Crippen molar-refractivity contribution in [3.05, 3.63) is 24.2 Å². The highest BCUT2D eigenvalue weighted by atomic mass is 16.5. The number of nitrogens with zero attached hydrogens (tertiary/aromatic N) is 1. The molecule has 4 rings (SSSR count). The summed E-state index contributed by atoms with van der Waals surface area (Å²) in [5.41, 5.74) is -0.0682. The Morgan fingerprint density at radius 3 is 2.78 bits per heavy atom. The van der Waals surface area contributed by atoms with E-state index in [1.165, 1.54) is 12.8 Å². The first-order valence-electron chi connectivity index (χ1n) is 8.93. The van der Waals surface area contributed by atoms with E-state index in [2.05, 4.69) is 10.2 Å².